The van der Waals surface area contributed by atoms with E-state index in [1.807, 2.05) is 34.7 Å². The van der Waals surface area contributed by atoms with Crippen molar-refractivity contribution in [3.63, 3.8) is 0 Å². The maximum absolute atomic E-state index is 10.4. The summed E-state index contributed by atoms with van der Waals surface area (Å²) in [6.07, 6.45) is 2.04. The van der Waals surface area contributed by atoms with Crippen molar-refractivity contribution >= 4 is 11.0 Å². The Kier molecular flexibility index (Phi) is 2.89. The summed E-state index contributed by atoms with van der Waals surface area (Å²) in [5.41, 5.74) is 7.67. The summed E-state index contributed by atoms with van der Waals surface area (Å²) in [6, 6.07) is 8.18. The Morgan fingerprint density at radius 1 is 1.10 bits per heavy atom. The third kappa shape index (κ3) is 1.75. The van der Waals surface area contributed by atoms with Crippen LogP contribution in [0.1, 0.15) is 20.8 Å². The van der Waals surface area contributed by atoms with E-state index in [0.29, 0.717) is 11.7 Å². The van der Waals surface area contributed by atoms with Gasteiger partial charge in [-0.1, -0.05) is 31.6 Å². The number of para-hydroxylation sites is 2. The SMILES string of the molecule is CC1=CC(Nn2c3ccccc3n2C)=C(O)C(C)C1C. The van der Waals surface area contributed by atoms with E-state index in [9.17, 15) is 5.11 Å². The van der Waals surface area contributed by atoms with Crippen LogP contribution in [0.15, 0.2) is 47.4 Å². The number of aryl methyl sites for hydroxylation is 1. The number of aliphatic hydroxyl groups excluding tert-OH is 1. The molecule has 2 N–H and O–H groups in total. The van der Waals surface area contributed by atoms with Crippen LogP contribution >= 0.6 is 0 Å². The fourth-order valence-corrected chi connectivity index (χ4v) is 2.79. The molecule has 1 aromatic heterocycles. The number of nitrogens with one attached hydrogen (secondary N) is 1. The second-order valence-corrected chi connectivity index (χ2v) is 5.70. The van der Waals surface area contributed by atoms with Gasteiger partial charge in [0.2, 0.25) is 0 Å². The van der Waals surface area contributed by atoms with Gasteiger partial charge in [0.1, 0.15) is 11.3 Å². The molecule has 2 unspecified atom stereocenters. The summed E-state index contributed by atoms with van der Waals surface area (Å²) >= 11 is 0. The molecular weight excluding hydrogens is 250 g/mol. The van der Waals surface area contributed by atoms with Crippen LogP contribution in [-0.2, 0) is 7.05 Å². The van der Waals surface area contributed by atoms with Crippen molar-refractivity contribution in [3.05, 3.63) is 47.4 Å². The number of aliphatic hydroxyl groups is 1. The van der Waals surface area contributed by atoms with Crippen LogP contribution < -0.4 is 5.43 Å². The van der Waals surface area contributed by atoms with Gasteiger partial charge in [-0.05, 0) is 31.1 Å². The zero-order valence-corrected chi connectivity index (χ0v) is 12.4. The van der Waals surface area contributed by atoms with E-state index in [-0.39, 0.29) is 5.92 Å². The van der Waals surface area contributed by atoms with E-state index in [2.05, 4.69) is 38.3 Å². The first kappa shape index (κ1) is 12.9. The highest BCUT2D eigenvalue weighted by Gasteiger charge is 2.25. The molecule has 0 saturated carbocycles. The second kappa shape index (κ2) is 4.47. The summed E-state index contributed by atoms with van der Waals surface area (Å²) < 4.78 is 2.03. The quantitative estimate of drug-likeness (QED) is 0.877. The van der Waals surface area contributed by atoms with Crippen molar-refractivity contribution in [2.75, 3.05) is 5.43 Å². The minimum absolute atomic E-state index is 0.143. The minimum atomic E-state index is 0.143. The topological polar surface area (TPSA) is 42.1 Å². The molecular formula is C16H21N3O. The van der Waals surface area contributed by atoms with E-state index >= 15 is 0 Å². The molecule has 0 bridgehead atoms. The molecule has 4 heteroatoms. The smallest absolute Gasteiger partial charge is 0.121 e. The summed E-state index contributed by atoms with van der Waals surface area (Å²) in [5.74, 6) is 0.951. The van der Waals surface area contributed by atoms with Gasteiger partial charge in [0.05, 0.1) is 11.2 Å². The van der Waals surface area contributed by atoms with Crippen molar-refractivity contribution < 1.29 is 5.11 Å². The average Bonchev–Trinajstić information content (AvgIpc) is 2.46. The zero-order chi connectivity index (χ0) is 14.4. The molecule has 1 aliphatic rings. The molecule has 1 aliphatic carbocycles. The highest BCUT2D eigenvalue weighted by molar-refractivity contribution is 5.78. The fraction of sp³-hybridized carbons (Fsp3) is 0.375. The monoisotopic (exact) mass is 271 g/mol. The molecule has 0 radical (unpaired) electrons. The molecule has 106 valence electrons. The normalized spacial score (nSPS) is 23.3. The number of fused-ring (bicyclic) bond motifs is 1. The van der Waals surface area contributed by atoms with E-state index in [1.54, 1.807) is 0 Å². The van der Waals surface area contributed by atoms with Crippen LogP contribution in [0.2, 0.25) is 0 Å². The van der Waals surface area contributed by atoms with Gasteiger partial charge in [-0.25, -0.2) is 0 Å². The first-order chi connectivity index (χ1) is 9.50. The summed E-state index contributed by atoms with van der Waals surface area (Å²) in [6.45, 7) is 6.32. The predicted octanol–water partition coefficient (Wildman–Crippen LogP) is 3.53. The Morgan fingerprint density at radius 3 is 2.45 bits per heavy atom. The standard InChI is InChI=1S/C16H21N3O/c1-10-9-13(16(20)12(3)11(10)2)17-19-15-8-6-5-7-14(15)18(19)4/h5-9,11-12,17,20H,1-4H3. The van der Waals surface area contributed by atoms with Gasteiger partial charge in [0.25, 0.3) is 0 Å². The third-order valence-corrected chi connectivity index (χ3v) is 4.53. The summed E-state index contributed by atoms with van der Waals surface area (Å²) in [7, 11) is 2.00. The van der Waals surface area contributed by atoms with E-state index < -0.39 is 0 Å². The Bertz CT molecular complexity index is 717. The van der Waals surface area contributed by atoms with Crippen LogP contribution in [-0.4, -0.2) is 14.6 Å². The maximum Gasteiger partial charge on any atom is 0.121 e. The number of allylic oxidation sites excluding steroid dienone is 3. The minimum Gasteiger partial charge on any atom is -0.510 e. The van der Waals surface area contributed by atoms with E-state index in [1.165, 1.54) is 11.1 Å². The lowest BCUT2D eigenvalue weighted by atomic mass is 9.83. The number of hydrogen-bond acceptors (Lipinski definition) is 2. The number of aromatic nitrogens is 2. The average molecular weight is 271 g/mol. The molecule has 0 aliphatic heterocycles. The second-order valence-electron chi connectivity index (χ2n) is 5.70. The first-order valence-corrected chi connectivity index (χ1v) is 7.01. The predicted molar refractivity (Wildman–Crippen MR) is 82.0 cm³/mol. The van der Waals surface area contributed by atoms with E-state index in [0.717, 1.165) is 11.2 Å². The Morgan fingerprint density at radius 2 is 1.75 bits per heavy atom. The van der Waals surface area contributed by atoms with Crippen molar-refractivity contribution in [2.24, 2.45) is 18.9 Å². The molecule has 2 atom stereocenters. The van der Waals surface area contributed by atoms with Crippen molar-refractivity contribution in [1.82, 2.24) is 9.47 Å². The molecule has 3 rings (SSSR count). The van der Waals surface area contributed by atoms with Gasteiger partial charge < -0.3 is 5.11 Å². The van der Waals surface area contributed by atoms with Crippen LogP contribution in [0.3, 0.4) is 0 Å². The third-order valence-electron chi connectivity index (χ3n) is 4.53. The highest BCUT2D eigenvalue weighted by Crippen LogP contribution is 2.32. The largest absolute Gasteiger partial charge is 0.510 e. The molecule has 0 spiro atoms. The fourth-order valence-electron chi connectivity index (χ4n) is 2.79. The Hall–Kier alpha value is -2.10. The van der Waals surface area contributed by atoms with Gasteiger partial charge in [0, 0.05) is 13.0 Å². The molecule has 20 heavy (non-hydrogen) atoms. The van der Waals surface area contributed by atoms with E-state index in [4.69, 9.17) is 0 Å². The van der Waals surface area contributed by atoms with Crippen LogP contribution in [0.25, 0.3) is 11.0 Å². The summed E-state index contributed by atoms with van der Waals surface area (Å²) in [5, 5.41) is 10.4. The Balaban J connectivity index is 1.98. The number of rotatable bonds is 2. The lowest BCUT2D eigenvalue weighted by Gasteiger charge is -2.30. The molecule has 2 aromatic rings. The van der Waals surface area contributed by atoms with Crippen molar-refractivity contribution in [1.29, 1.82) is 0 Å². The zero-order valence-electron chi connectivity index (χ0n) is 12.4. The van der Waals surface area contributed by atoms with Gasteiger partial charge in [-0.2, -0.15) is 4.79 Å². The number of benzene rings is 1. The maximum atomic E-state index is 10.4. The molecule has 1 aromatic carbocycles. The van der Waals surface area contributed by atoms with Crippen LogP contribution in [0.4, 0.5) is 0 Å². The van der Waals surface area contributed by atoms with Crippen molar-refractivity contribution in [3.8, 4) is 0 Å². The lowest BCUT2D eigenvalue weighted by Crippen LogP contribution is -2.31. The number of hydrogen-bond donors (Lipinski definition) is 2. The molecule has 0 saturated heterocycles. The van der Waals surface area contributed by atoms with Gasteiger partial charge in [-0.3, -0.25) is 10.1 Å². The Labute approximate surface area is 118 Å². The molecule has 1 heterocycles. The van der Waals surface area contributed by atoms with Gasteiger partial charge >= 0.3 is 0 Å². The summed E-state index contributed by atoms with van der Waals surface area (Å²) in [4.78, 5) is 1.95. The highest BCUT2D eigenvalue weighted by atomic mass is 16.3. The molecule has 0 fully saturated rings. The van der Waals surface area contributed by atoms with Gasteiger partial charge in [-0.15, -0.1) is 0 Å². The van der Waals surface area contributed by atoms with Crippen molar-refractivity contribution in [2.45, 2.75) is 20.8 Å². The molecule has 0 amide bonds. The van der Waals surface area contributed by atoms with Crippen LogP contribution in [0.5, 0.6) is 0 Å². The lowest BCUT2D eigenvalue weighted by molar-refractivity contribution is 0.293. The van der Waals surface area contributed by atoms with Crippen LogP contribution in [0, 0.1) is 11.8 Å². The number of nitrogens with zero attached hydrogens (tertiary/aromatic N) is 2. The van der Waals surface area contributed by atoms with Gasteiger partial charge in [0.15, 0.2) is 0 Å². The molecule has 4 nitrogen and oxygen atoms in total. The first-order valence-electron chi connectivity index (χ1n) is 7.01.